The van der Waals surface area contributed by atoms with Crippen molar-refractivity contribution in [1.82, 2.24) is 20.7 Å². The second-order valence-electron chi connectivity index (χ2n) is 6.96. The van der Waals surface area contributed by atoms with Gasteiger partial charge in [-0.25, -0.2) is 9.82 Å². The van der Waals surface area contributed by atoms with E-state index in [1.54, 1.807) is 12.1 Å². The SMILES string of the molecule is O=C(C1CCNN1)N1CCCC1c1cccc(Cc2cccc(F)c2)n1. The molecule has 3 heterocycles. The van der Waals surface area contributed by atoms with Crippen molar-refractivity contribution < 1.29 is 9.18 Å². The molecule has 2 aromatic rings. The second kappa shape index (κ2) is 7.51. The van der Waals surface area contributed by atoms with Gasteiger partial charge in [-0.3, -0.25) is 15.2 Å². The van der Waals surface area contributed by atoms with Gasteiger partial charge < -0.3 is 4.90 Å². The number of hydrazine groups is 1. The zero-order chi connectivity index (χ0) is 17.9. The highest BCUT2D eigenvalue weighted by atomic mass is 19.1. The van der Waals surface area contributed by atoms with Crippen LogP contribution in [0.5, 0.6) is 0 Å². The number of amides is 1. The first-order chi connectivity index (χ1) is 12.7. The van der Waals surface area contributed by atoms with Crippen molar-refractivity contribution in [2.45, 2.75) is 37.8 Å². The summed E-state index contributed by atoms with van der Waals surface area (Å²) in [6.07, 6.45) is 3.32. The summed E-state index contributed by atoms with van der Waals surface area (Å²) >= 11 is 0. The zero-order valence-electron chi connectivity index (χ0n) is 14.6. The molecule has 2 atom stereocenters. The Balaban J connectivity index is 1.52. The molecule has 5 nitrogen and oxygen atoms in total. The summed E-state index contributed by atoms with van der Waals surface area (Å²) in [4.78, 5) is 19.5. The number of likely N-dealkylation sites (tertiary alicyclic amines) is 1. The van der Waals surface area contributed by atoms with Gasteiger partial charge in [-0.1, -0.05) is 18.2 Å². The molecular weight excluding hydrogens is 331 g/mol. The number of nitrogens with zero attached hydrogens (tertiary/aromatic N) is 2. The minimum absolute atomic E-state index is 0.0253. The lowest BCUT2D eigenvalue weighted by Gasteiger charge is -2.27. The maximum atomic E-state index is 13.4. The van der Waals surface area contributed by atoms with Crippen LogP contribution >= 0.6 is 0 Å². The van der Waals surface area contributed by atoms with Crippen molar-refractivity contribution in [2.75, 3.05) is 13.1 Å². The number of carbonyl (C=O) groups is 1. The normalized spacial score (nSPS) is 22.7. The van der Waals surface area contributed by atoms with Crippen molar-refractivity contribution in [3.05, 3.63) is 65.2 Å². The van der Waals surface area contributed by atoms with Crippen molar-refractivity contribution in [3.63, 3.8) is 0 Å². The molecule has 2 unspecified atom stereocenters. The Morgan fingerprint density at radius 3 is 2.92 bits per heavy atom. The maximum absolute atomic E-state index is 13.4. The van der Waals surface area contributed by atoms with E-state index in [9.17, 15) is 9.18 Å². The zero-order valence-corrected chi connectivity index (χ0v) is 14.6. The van der Waals surface area contributed by atoms with Crippen molar-refractivity contribution in [1.29, 1.82) is 0 Å². The van der Waals surface area contributed by atoms with Crippen molar-refractivity contribution in [2.24, 2.45) is 0 Å². The molecule has 0 bridgehead atoms. The largest absolute Gasteiger partial charge is 0.333 e. The fourth-order valence-electron chi connectivity index (χ4n) is 3.85. The van der Waals surface area contributed by atoms with E-state index in [1.165, 1.54) is 6.07 Å². The van der Waals surface area contributed by atoms with E-state index < -0.39 is 0 Å². The maximum Gasteiger partial charge on any atom is 0.241 e. The molecule has 1 aromatic heterocycles. The van der Waals surface area contributed by atoms with Gasteiger partial charge in [-0.2, -0.15) is 0 Å². The number of aromatic nitrogens is 1. The average molecular weight is 354 g/mol. The Labute approximate surface area is 152 Å². The average Bonchev–Trinajstić information content (AvgIpc) is 3.33. The van der Waals surface area contributed by atoms with E-state index in [4.69, 9.17) is 4.98 Å². The highest BCUT2D eigenvalue weighted by Gasteiger charge is 2.35. The van der Waals surface area contributed by atoms with Crippen LogP contribution in [0.15, 0.2) is 42.5 Å². The first-order valence-electron chi connectivity index (χ1n) is 9.20. The number of hydrogen-bond donors (Lipinski definition) is 2. The van der Waals surface area contributed by atoms with E-state index in [0.29, 0.717) is 6.42 Å². The van der Waals surface area contributed by atoms with Gasteiger partial charge in [0.25, 0.3) is 0 Å². The van der Waals surface area contributed by atoms with E-state index >= 15 is 0 Å². The van der Waals surface area contributed by atoms with Crippen molar-refractivity contribution in [3.8, 4) is 0 Å². The molecule has 1 amide bonds. The summed E-state index contributed by atoms with van der Waals surface area (Å²) in [6, 6.07) is 12.4. The lowest BCUT2D eigenvalue weighted by molar-refractivity contribution is -0.134. The molecular formula is C20H23FN4O. The number of hydrogen-bond acceptors (Lipinski definition) is 4. The van der Waals surface area contributed by atoms with Crippen LogP contribution in [0.4, 0.5) is 4.39 Å². The van der Waals surface area contributed by atoms with E-state index in [-0.39, 0.29) is 23.8 Å². The van der Waals surface area contributed by atoms with Gasteiger partial charge >= 0.3 is 0 Å². The fraction of sp³-hybridized carbons (Fsp3) is 0.400. The fourth-order valence-corrected chi connectivity index (χ4v) is 3.85. The Morgan fingerprint density at radius 1 is 1.23 bits per heavy atom. The molecule has 0 aliphatic carbocycles. The third-order valence-electron chi connectivity index (χ3n) is 5.11. The van der Waals surface area contributed by atoms with Gasteiger partial charge in [0.15, 0.2) is 0 Å². The van der Waals surface area contributed by atoms with Gasteiger partial charge in [0.2, 0.25) is 5.91 Å². The standard InChI is InChI=1S/C20H23FN4O/c21-15-5-1-4-14(12-15)13-16-6-2-7-17(23-16)19-8-3-11-25(19)20(26)18-9-10-22-24-18/h1-2,4-7,12,18-19,22,24H,3,8-11,13H2. The lowest BCUT2D eigenvalue weighted by atomic mass is 10.1. The number of benzene rings is 1. The van der Waals surface area contributed by atoms with Crippen LogP contribution in [0.25, 0.3) is 0 Å². The van der Waals surface area contributed by atoms with Gasteiger partial charge in [0.05, 0.1) is 11.7 Å². The third-order valence-corrected chi connectivity index (χ3v) is 5.11. The van der Waals surface area contributed by atoms with Crippen LogP contribution in [-0.4, -0.2) is 34.9 Å². The molecule has 2 N–H and O–H groups in total. The molecule has 6 heteroatoms. The molecule has 136 valence electrons. The molecule has 4 rings (SSSR count). The molecule has 2 aliphatic rings. The summed E-state index contributed by atoms with van der Waals surface area (Å²) in [5.74, 6) is -0.0845. The van der Waals surface area contributed by atoms with Gasteiger partial charge in [0.1, 0.15) is 11.9 Å². The predicted octanol–water partition coefficient (Wildman–Crippen LogP) is 2.34. The Bertz CT molecular complexity index is 791. The topological polar surface area (TPSA) is 57.3 Å². The highest BCUT2D eigenvalue weighted by Crippen LogP contribution is 2.32. The molecule has 1 aromatic carbocycles. The number of pyridine rings is 1. The monoisotopic (exact) mass is 354 g/mol. The molecule has 2 saturated heterocycles. The first kappa shape index (κ1) is 17.1. The summed E-state index contributed by atoms with van der Waals surface area (Å²) < 4.78 is 13.4. The quantitative estimate of drug-likeness (QED) is 0.885. The van der Waals surface area contributed by atoms with Crippen molar-refractivity contribution >= 4 is 5.91 Å². The Kier molecular flexibility index (Phi) is 4.95. The summed E-state index contributed by atoms with van der Waals surface area (Å²) in [5, 5.41) is 0. The summed E-state index contributed by atoms with van der Waals surface area (Å²) in [7, 11) is 0. The van der Waals surface area contributed by atoms with Crippen LogP contribution in [0.2, 0.25) is 0 Å². The molecule has 0 saturated carbocycles. The molecule has 26 heavy (non-hydrogen) atoms. The van der Waals surface area contributed by atoms with E-state index in [2.05, 4.69) is 10.9 Å². The van der Waals surface area contributed by atoms with Crippen LogP contribution in [0.3, 0.4) is 0 Å². The van der Waals surface area contributed by atoms with E-state index in [1.807, 2.05) is 29.2 Å². The van der Waals surface area contributed by atoms with Gasteiger partial charge in [0, 0.05) is 25.2 Å². The Hall–Kier alpha value is -2.31. The molecule has 2 fully saturated rings. The van der Waals surface area contributed by atoms with E-state index in [0.717, 1.165) is 49.3 Å². The van der Waals surface area contributed by atoms with Gasteiger partial charge in [-0.05, 0) is 49.1 Å². The number of nitrogens with one attached hydrogen (secondary N) is 2. The Morgan fingerprint density at radius 2 is 2.12 bits per heavy atom. The highest BCUT2D eigenvalue weighted by molar-refractivity contribution is 5.82. The predicted molar refractivity (Wildman–Crippen MR) is 96.7 cm³/mol. The number of carbonyl (C=O) groups excluding carboxylic acids is 1. The van der Waals surface area contributed by atoms with Crippen LogP contribution in [-0.2, 0) is 11.2 Å². The number of rotatable bonds is 4. The van der Waals surface area contributed by atoms with Gasteiger partial charge in [-0.15, -0.1) is 0 Å². The van der Waals surface area contributed by atoms with Crippen LogP contribution < -0.4 is 10.9 Å². The molecule has 0 radical (unpaired) electrons. The minimum atomic E-state index is -0.233. The minimum Gasteiger partial charge on any atom is -0.333 e. The van der Waals surface area contributed by atoms with Crippen LogP contribution in [0.1, 0.15) is 42.3 Å². The smallest absolute Gasteiger partial charge is 0.241 e. The lowest BCUT2D eigenvalue weighted by Crippen LogP contribution is -2.45. The third kappa shape index (κ3) is 3.61. The van der Waals surface area contributed by atoms with Crippen LogP contribution in [0, 0.1) is 5.82 Å². The summed E-state index contributed by atoms with van der Waals surface area (Å²) in [5.41, 5.74) is 8.81. The second-order valence-corrected chi connectivity index (χ2v) is 6.96. The molecule has 0 spiro atoms. The first-order valence-corrected chi connectivity index (χ1v) is 9.20. The summed E-state index contributed by atoms with van der Waals surface area (Å²) in [6.45, 7) is 1.59. The molecule has 2 aliphatic heterocycles. The number of halogens is 1.